The summed E-state index contributed by atoms with van der Waals surface area (Å²) in [5, 5.41) is 3.64. The van der Waals surface area contributed by atoms with Gasteiger partial charge in [0.1, 0.15) is 17.1 Å². The molecule has 2 aromatic heterocycles. The lowest BCUT2D eigenvalue weighted by Crippen LogP contribution is -2.28. The highest BCUT2D eigenvalue weighted by Crippen LogP contribution is 2.36. The average molecular weight is 504 g/mol. The zero-order valence-electron chi connectivity index (χ0n) is 21.7. The first-order valence-electron chi connectivity index (χ1n) is 12.4. The minimum absolute atomic E-state index is 0.108. The van der Waals surface area contributed by atoms with E-state index < -0.39 is 0 Å². The van der Waals surface area contributed by atoms with Crippen molar-refractivity contribution in [1.82, 2.24) is 9.55 Å². The van der Waals surface area contributed by atoms with Gasteiger partial charge in [0.25, 0.3) is 5.56 Å². The quantitative estimate of drug-likeness (QED) is 0.290. The van der Waals surface area contributed by atoms with Crippen molar-refractivity contribution >= 4 is 33.1 Å². The summed E-state index contributed by atoms with van der Waals surface area (Å²) in [6.45, 7) is 12.9. The highest BCUT2D eigenvalue weighted by atomic mass is 32.1. The number of carbonyl (C=O) groups is 1. The Hall–Kier alpha value is -3.45. The van der Waals surface area contributed by atoms with E-state index in [1.54, 1.807) is 0 Å². The fourth-order valence-corrected chi connectivity index (χ4v) is 5.51. The maximum Gasteiger partial charge on any atom is 0.263 e. The number of carbonyl (C=O) groups excluding carboxylic acids is 1. The monoisotopic (exact) mass is 503 g/mol. The van der Waals surface area contributed by atoms with Crippen molar-refractivity contribution in [2.45, 2.75) is 59.9 Å². The molecular weight excluding hydrogens is 470 g/mol. The van der Waals surface area contributed by atoms with Gasteiger partial charge in [0.15, 0.2) is 0 Å². The Morgan fingerprint density at radius 1 is 1.06 bits per heavy atom. The SMILES string of the molecule is CCOc1ccc(-c2c(C)sc3ncn(CC(=O)Nc4c(C(C)C)cccc4C(C)C)c(=O)c23)cc1. The van der Waals surface area contributed by atoms with E-state index >= 15 is 0 Å². The third-order valence-electron chi connectivity index (χ3n) is 6.26. The van der Waals surface area contributed by atoms with Crippen LogP contribution >= 0.6 is 11.3 Å². The van der Waals surface area contributed by atoms with Crippen molar-refractivity contribution in [3.8, 4) is 16.9 Å². The molecule has 0 spiro atoms. The lowest BCUT2D eigenvalue weighted by atomic mass is 9.92. The van der Waals surface area contributed by atoms with Gasteiger partial charge in [-0.1, -0.05) is 58.0 Å². The molecule has 0 unspecified atom stereocenters. The van der Waals surface area contributed by atoms with Gasteiger partial charge in [0, 0.05) is 16.1 Å². The van der Waals surface area contributed by atoms with Gasteiger partial charge in [-0.15, -0.1) is 11.3 Å². The molecule has 4 aromatic rings. The Morgan fingerprint density at radius 3 is 2.28 bits per heavy atom. The number of rotatable bonds is 8. The van der Waals surface area contributed by atoms with Crippen LogP contribution in [0.3, 0.4) is 0 Å². The van der Waals surface area contributed by atoms with Gasteiger partial charge in [-0.3, -0.25) is 14.2 Å². The van der Waals surface area contributed by atoms with Crippen LogP contribution in [0.4, 0.5) is 5.69 Å². The molecular formula is C29H33N3O3S. The summed E-state index contributed by atoms with van der Waals surface area (Å²) >= 11 is 1.49. The van der Waals surface area contributed by atoms with E-state index in [2.05, 4.69) is 38.0 Å². The molecule has 0 saturated heterocycles. The Balaban J connectivity index is 1.69. The van der Waals surface area contributed by atoms with Crippen molar-refractivity contribution in [3.05, 3.63) is 75.1 Å². The number of aryl methyl sites for hydroxylation is 1. The van der Waals surface area contributed by atoms with Crippen molar-refractivity contribution in [2.24, 2.45) is 0 Å². The largest absolute Gasteiger partial charge is 0.494 e. The molecule has 0 saturated carbocycles. The topological polar surface area (TPSA) is 73.2 Å². The fourth-order valence-electron chi connectivity index (χ4n) is 4.51. The zero-order chi connectivity index (χ0) is 26.0. The number of ether oxygens (including phenoxy) is 1. The molecule has 0 aliphatic carbocycles. The van der Waals surface area contributed by atoms with Crippen LogP contribution in [0.2, 0.25) is 0 Å². The zero-order valence-corrected chi connectivity index (χ0v) is 22.5. The van der Waals surface area contributed by atoms with Gasteiger partial charge < -0.3 is 10.1 Å². The van der Waals surface area contributed by atoms with Crippen molar-refractivity contribution in [3.63, 3.8) is 0 Å². The van der Waals surface area contributed by atoms with E-state index in [-0.39, 0.29) is 29.8 Å². The molecule has 188 valence electrons. The van der Waals surface area contributed by atoms with Crippen LogP contribution in [-0.2, 0) is 11.3 Å². The number of hydrogen-bond acceptors (Lipinski definition) is 5. The number of amides is 1. The summed E-state index contributed by atoms with van der Waals surface area (Å²) in [6.07, 6.45) is 1.47. The molecule has 4 rings (SSSR count). The number of fused-ring (bicyclic) bond motifs is 1. The first-order valence-corrected chi connectivity index (χ1v) is 13.2. The summed E-state index contributed by atoms with van der Waals surface area (Å²) < 4.78 is 6.96. The summed E-state index contributed by atoms with van der Waals surface area (Å²) in [6, 6.07) is 13.8. The maximum atomic E-state index is 13.6. The number of para-hydroxylation sites is 1. The van der Waals surface area contributed by atoms with Crippen LogP contribution in [0, 0.1) is 6.92 Å². The van der Waals surface area contributed by atoms with E-state index in [0.717, 1.165) is 38.6 Å². The minimum atomic E-state index is -0.247. The second kappa shape index (κ2) is 10.7. The minimum Gasteiger partial charge on any atom is -0.494 e. The number of nitrogens with one attached hydrogen (secondary N) is 1. The number of benzene rings is 2. The maximum absolute atomic E-state index is 13.6. The lowest BCUT2D eigenvalue weighted by Gasteiger charge is -2.20. The molecule has 0 aliphatic rings. The summed E-state index contributed by atoms with van der Waals surface area (Å²) in [5.41, 5.74) is 4.58. The predicted molar refractivity (Wildman–Crippen MR) is 148 cm³/mol. The van der Waals surface area contributed by atoms with Crippen molar-refractivity contribution in [1.29, 1.82) is 0 Å². The van der Waals surface area contributed by atoms with E-state index in [9.17, 15) is 9.59 Å². The van der Waals surface area contributed by atoms with Gasteiger partial charge in [-0.25, -0.2) is 4.98 Å². The van der Waals surface area contributed by atoms with Gasteiger partial charge in [-0.05, 0) is 54.5 Å². The Bertz CT molecular complexity index is 1420. The first-order chi connectivity index (χ1) is 17.2. The molecule has 0 fully saturated rings. The fraction of sp³-hybridized carbons (Fsp3) is 0.345. The Morgan fingerprint density at radius 2 is 1.69 bits per heavy atom. The molecule has 0 bridgehead atoms. The van der Waals surface area contributed by atoms with Crippen LogP contribution in [-0.4, -0.2) is 22.1 Å². The van der Waals surface area contributed by atoms with Crippen molar-refractivity contribution < 1.29 is 9.53 Å². The molecule has 1 N–H and O–H groups in total. The van der Waals surface area contributed by atoms with E-state index in [0.29, 0.717) is 16.8 Å². The Kier molecular flexibility index (Phi) is 7.59. The smallest absolute Gasteiger partial charge is 0.263 e. The molecule has 36 heavy (non-hydrogen) atoms. The molecule has 0 aliphatic heterocycles. The summed E-state index contributed by atoms with van der Waals surface area (Å²) in [7, 11) is 0. The highest BCUT2D eigenvalue weighted by Gasteiger charge is 2.20. The number of anilines is 1. The van der Waals surface area contributed by atoms with Crippen molar-refractivity contribution in [2.75, 3.05) is 11.9 Å². The molecule has 7 heteroatoms. The second-order valence-electron chi connectivity index (χ2n) is 9.52. The normalized spacial score (nSPS) is 11.4. The molecule has 1 amide bonds. The van der Waals surface area contributed by atoms with Crippen LogP contribution in [0.1, 0.15) is 62.5 Å². The van der Waals surface area contributed by atoms with Gasteiger partial charge >= 0.3 is 0 Å². The Labute approximate surface area is 216 Å². The van der Waals surface area contributed by atoms with E-state index in [4.69, 9.17) is 4.74 Å². The number of thiophene rings is 1. The summed E-state index contributed by atoms with van der Waals surface area (Å²) in [4.78, 5) is 32.9. The van der Waals surface area contributed by atoms with Crippen LogP contribution < -0.4 is 15.6 Å². The summed E-state index contributed by atoms with van der Waals surface area (Å²) in [5.74, 6) is 1.05. The average Bonchev–Trinajstić information content (AvgIpc) is 3.18. The molecule has 0 atom stereocenters. The third kappa shape index (κ3) is 5.07. The number of hydrogen-bond donors (Lipinski definition) is 1. The molecule has 2 aromatic carbocycles. The molecule has 2 heterocycles. The van der Waals surface area contributed by atoms with Gasteiger partial charge in [0.05, 0.1) is 18.3 Å². The van der Waals surface area contributed by atoms with Gasteiger partial charge in [-0.2, -0.15) is 0 Å². The van der Waals surface area contributed by atoms with Crippen LogP contribution in [0.5, 0.6) is 5.75 Å². The second-order valence-corrected chi connectivity index (χ2v) is 10.7. The van der Waals surface area contributed by atoms with Gasteiger partial charge in [0.2, 0.25) is 5.91 Å². The van der Waals surface area contributed by atoms with Crippen LogP contribution in [0.15, 0.2) is 53.6 Å². The molecule has 6 nitrogen and oxygen atoms in total. The number of nitrogens with zero attached hydrogens (tertiary/aromatic N) is 2. The first kappa shape index (κ1) is 25.6. The third-order valence-corrected chi connectivity index (χ3v) is 7.27. The highest BCUT2D eigenvalue weighted by molar-refractivity contribution is 7.19. The lowest BCUT2D eigenvalue weighted by molar-refractivity contribution is -0.116. The molecule has 0 radical (unpaired) electrons. The predicted octanol–water partition coefficient (Wildman–Crippen LogP) is 6.72. The standard InChI is InChI=1S/C29H33N3O3S/c1-7-35-21-13-11-20(12-14-21)25-19(6)36-28-26(25)29(34)32(16-30-28)15-24(33)31-27-22(17(2)3)9-8-10-23(27)18(4)5/h8-14,16-18H,7,15H2,1-6H3,(H,31,33). The van der Waals surface area contributed by atoms with E-state index in [1.165, 1.54) is 22.2 Å². The van der Waals surface area contributed by atoms with E-state index in [1.807, 2.05) is 56.3 Å². The number of aromatic nitrogens is 2. The van der Waals surface area contributed by atoms with Crippen LogP contribution in [0.25, 0.3) is 21.3 Å².